The zero-order valence-corrected chi connectivity index (χ0v) is 12.5. The molecule has 0 amide bonds. The third-order valence-electron chi connectivity index (χ3n) is 2.52. The van der Waals surface area contributed by atoms with Gasteiger partial charge in [-0.25, -0.2) is 0 Å². The molecule has 0 fully saturated rings. The number of amidine groups is 1. The molecule has 0 radical (unpaired) electrons. The minimum atomic E-state index is 0.372. The standard InChI is InChI=1S/C12H24N2S2/c1-5-15-7-6-10(2)14-11-13-8-12(3,4)9-16-11/h10H,5-9H2,1-4H3,(H,13,14). The van der Waals surface area contributed by atoms with Gasteiger partial charge >= 0.3 is 0 Å². The third kappa shape index (κ3) is 5.48. The number of thioether (sulfide) groups is 2. The highest BCUT2D eigenvalue weighted by atomic mass is 32.2. The molecule has 0 aliphatic carbocycles. The van der Waals surface area contributed by atoms with Crippen molar-refractivity contribution in [2.45, 2.75) is 40.2 Å². The second-order valence-corrected chi connectivity index (χ2v) is 7.46. The summed E-state index contributed by atoms with van der Waals surface area (Å²) < 4.78 is 0. The van der Waals surface area contributed by atoms with Crippen LogP contribution in [0.1, 0.15) is 34.1 Å². The van der Waals surface area contributed by atoms with Gasteiger partial charge < -0.3 is 5.32 Å². The molecule has 0 aromatic carbocycles. The van der Waals surface area contributed by atoms with Gasteiger partial charge in [-0.2, -0.15) is 11.8 Å². The Bertz CT molecular complexity index is 239. The summed E-state index contributed by atoms with van der Waals surface area (Å²) in [7, 11) is 0. The smallest absolute Gasteiger partial charge is 0.156 e. The van der Waals surface area contributed by atoms with E-state index in [1.54, 1.807) is 0 Å². The van der Waals surface area contributed by atoms with Gasteiger partial charge in [0.15, 0.2) is 5.17 Å². The summed E-state index contributed by atoms with van der Waals surface area (Å²) in [6.07, 6.45) is 1.22. The van der Waals surface area contributed by atoms with Gasteiger partial charge in [0.1, 0.15) is 0 Å². The number of hydrogen-bond donors (Lipinski definition) is 1. The largest absolute Gasteiger partial charge is 0.362 e. The van der Waals surface area contributed by atoms with Gasteiger partial charge in [0, 0.05) is 18.3 Å². The molecule has 0 spiro atoms. The molecule has 16 heavy (non-hydrogen) atoms. The number of hydrogen-bond acceptors (Lipinski definition) is 4. The van der Waals surface area contributed by atoms with Crippen LogP contribution in [-0.4, -0.2) is 35.0 Å². The van der Waals surface area contributed by atoms with Crippen LogP contribution in [0, 0.1) is 5.41 Å². The van der Waals surface area contributed by atoms with Gasteiger partial charge in [-0.3, -0.25) is 4.99 Å². The summed E-state index contributed by atoms with van der Waals surface area (Å²) in [5.74, 6) is 3.64. The first kappa shape index (κ1) is 14.2. The van der Waals surface area contributed by atoms with Crippen molar-refractivity contribution in [1.29, 1.82) is 0 Å². The molecule has 1 rings (SSSR count). The quantitative estimate of drug-likeness (QED) is 0.768. The van der Waals surface area contributed by atoms with E-state index in [4.69, 9.17) is 0 Å². The SMILES string of the molecule is CCSCCC(C)NC1=NCC(C)(C)CS1. The molecule has 0 saturated carbocycles. The van der Waals surface area contributed by atoms with E-state index >= 15 is 0 Å². The lowest BCUT2D eigenvalue weighted by Crippen LogP contribution is -2.36. The van der Waals surface area contributed by atoms with Crippen molar-refractivity contribution in [3.63, 3.8) is 0 Å². The maximum absolute atomic E-state index is 4.61. The highest BCUT2D eigenvalue weighted by Gasteiger charge is 2.23. The summed E-state index contributed by atoms with van der Waals surface area (Å²) in [5.41, 5.74) is 0.372. The van der Waals surface area contributed by atoms with Gasteiger partial charge in [0.25, 0.3) is 0 Å². The Morgan fingerprint density at radius 2 is 2.31 bits per heavy atom. The Morgan fingerprint density at radius 3 is 2.88 bits per heavy atom. The van der Waals surface area contributed by atoms with E-state index in [1.165, 1.54) is 23.7 Å². The van der Waals surface area contributed by atoms with Crippen LogP contribution in [0.15, 0.2) is 4.99 Å². The fraction of sp³-hybridized carbons (Fsp3) is 0.917. The highest BCUT2D eigenvalue weighted by molar-refractivity contribution is 8.13. The Balaban J connectivity index is 2.24. The van der Waals surface area contributed by atoms with Crippen LogP contribution >= 0.6 is 23.5 Å². The summed E-state index contributed by atoms with van der Waals surface area (Å²) in [6, 6.07) is 0.548. The van der Waals surface area contributed by atoms with Crippen molar-refractivity contribution in [2.75, 3.05) is 23.8 Å². The van der Waals surface area contributed by atoms with Crippen LogP contribution in [-0.2, 0) is 0 Å². The van der Waals surface area contributed by atoms with Crippen molar-refractivity contribution in [3.8, 4) is 0 Å². The molecule has 1 atom stereocenters. The lowest BCUT2D eigenvalue weighted by Gasteiger charge is -2.28. The van der Waals surface area contributed by atoms with E-state index in [2.05, 4.69) is 38.0 Å². The lowest BCUT2D eigenvalue weighted by atomic mass is 9.97. The molecule has 0 bridgehead atoms. The molecule has 0 aromatic heterocycles. The maximum atomic E-state index is 4.61. The summed E-state index contributed by atoms with van der Waals surface area (Å²) in [6.45, 7) is 9.98. The van der Waals surface area contributed by atoms with Crippen LogP contribution in [0.25, 0.3) is 0 Å². The molecule has 1 N–H and O–H groups in total. The highest BCUT2D eigenvalue weighted by Crippen LogP contribution is 2.27. The van der Waals surface area contributed by atoms with E-state index in [0.29, 0.717) is 11.5 Å². The molecule has 4 heteroatoms. The molecule has 0 saturated heterocycles. The topological polar surface area (TPSA) is 24.4 Å². The molecule has 94 valence electrons. The van der Waals surface area contributed by atoms with Crippen LogP contribution in [0.2, 0.25) is 0 Å². The van der Waals surface area contributed by atoms with Crippen molar-refractivity contribution in [1.82, 2.24) is 5.32 Å². The van der Waals surface area contributed by atoms with Crippen molar-refractivity contribution in [3.05, 3.63) is 0 Å². The number of nitrogens with zero attached hydrogens (tertiary/aromatic N) is 1. The van der Waals surface area contributed by atoms with E-state index in [9.17, 15) is 0 Å². The molecule has 1 unspecified atom stereocenters. The molecule has 1 aliphatic heterocycles. The second-order valence-electron chi connectivity index (χ2n) is 5.11. The minimum absolute atomic E-state index is 0.372. The van der Waals surface area contributed by atoms with Gasteiger partial charge in [-0.15, -0.1) is 0 Å². The zero-order valence-electron chi connectivity index (χ0n) is 10.9. The van der Waals surface area contributed by atoms with Crippen molar-refractivity contribution < 1.29 is 0 Å². The summed E-state index contributed by atoms with van der Waals surface area (Å²) in [5, 5.41) is 4.66. The Kier molecular flexibility index (Phi) is 6.05. The third-order valence-corrected chi connectivity index (χ3v) is 4.90. The number of nitrogens with one attached hydrogen (secondary N) is 1. The molecule has 0 aromatic rings. The van der Waals surface area contributed by atoms with E-state index in [-0.39, 0.29) is 0 Å². The monoisotopic (exact) mass is 260 g/mol. The number of aliphatic imine (C=N–C) groups is 1. The molecule has 1 heterocycles. The summed E-state index contributed by atoms with van der Waals surface area (Å²) >= 11 is 3.88. The second kappa shape index (κ2) is 6.80. The molecular formula is C12H24N2S2. The molecular weight excluding hydrogens is 236 g/mol. The fourth-order valence-corrected chi connectivity index (χ4v) is 3.28. The predicted molar refractivity (Wildman–Crippen MR) is 78.8 cm³/mol. The average Bonchev–Trinajstić information content (AvgIpc) is 2.22. The van der Waals surface area contributed by atoms with Crippen molar-refractivity contribution in [2.24, 2.45) is 10.4 Å². The normalized spacial score (nSPS) is 21.4. The Morgan fingerprint density at radius 1 is 1.56 bits per heavy atom. The minimum Gasteiger partial charge on any atom is -0.362 e. The van der Waals surface area contributed by atoms with Gasteiger partial charge in [-0.1, -0.05) is 32.5 Å². The van der Waals surface area contributed by atoms with Crippen LogP contribution in [0.5, 0.6) is 0 Å². The zero-order chi connectivity index (χ0) is 12.0. The van der Waals surface area contributed by atoms with E-state index < -0.39 is 0 Å². The first-order valence-electron chi connectivity index (χ1n) is 6.05. The molecule has 1 aliphatic rings. The summed E-state index contributed by atoms with van der Waals surface area (Å²) in [4.78, 5) is 4.61. The predicted octanol–water partition coefficient (Wildman–Crippen LogP) is 3.24. The first-order chi connectivity index (χ1) is 7.53. The fourth-order valence-electron chi connectivity index (χ4n) is 1.42. The van der Waals surface area contributed by atoms with Crippen LogP contribution in [0.4, 0.5) is 0 Å². The van der Waals surface area contributed by atoms with Crippen molar-refractivity contribution >= 4 is 28.7 Å². The first-order valence-corrected chi connectivity index (χ1v) is 8.19. The Labute approximate surface area is 108 Å². The lowest BCUT2D eigenvalue weighted by molar-refractivity contribution is 0.436. The van der Waals surface area contributed by atoms with Gasteiger partial charge in [0.2, 0.25) is 0 Å². The molecule has 2 nitrogen and oxygen atoms in total. The van der Waals surface area contributed by atoms with E-state index in [1.807, 2.05) is 23.5 Å². The average molecular weight is 260 g/mol. The van der Waals surface area contributed by atoms with Crippen LogP contribution in [0.3, 0.4) is 0 Å². The van der Waals surface area contributed by atoms with Gasteiger partial charge in [-0.05, 0) is 30.3 Å². The maximum Gasteiger partial charge on any atom is 0.156 e. The number of rotatable bonds is 5. The van der Waals surface area contributed by atoms with Gasteiger partial charge in [0.05, 0.1) is 0 Å². The van der Waals surface area contributed by atoms with E-state index in [0.717, 1.165) is 11.7 Å². The Hall–Kier alpha value is 0.170. The van der Waals surface area contributed by atoms with Crippen LogP contribution < -0.4 is 5.32 Å².